The summed E-state index contributed by atoms with van der Waals surface area (Å²) >= 11 is 5.84. The standard InChI is InChI=1S/C18H14ClF2N3O/c19-13-1-3-16(21)15(10-13)18(25)24-7-5-23(6-8-24)17-4-2-14(20)9-12(17)11-22/h1-4,9-10H,5-8H2. The van der Waals surface area contributed by atoms with E-state index in [4.69, 9.17) is 16.9 Å². The highest BCUT2D eigenvalue weighted by Crippen LogP contribution is 2.23. The van der Waals surface area contributed by atoms with Crippen molar-refractivity contribution in [3.05, 3.63) is 64.2 Å². The largest absolute Gasteiger partial charge is 0.367 e. The van der Waals surface area contributed by atoms with Gasteiger partial charge in [-0.1, -0.05) is 11.6 Å². The van der Waals surface area contributed by atoms with Gasteiger partial charge in [-0.3, -0.25) is 4.79 Å². The second-order valence-corrected chi connectivity index (χ2v) is 6.11. The molecule has 0 saturated carbocycles. The van der Waals surface area contributed by atoms with Gasteiger partial charge < -0.3 is 9.80 Å². The van der Waals surface area contributed by atoms with Gasteiger partial charge in [0.05, 0.1) is 16.8 Å². The predicted octanol–water partition coefficient (Wildman–Crippen LogP) is 3.45. The fourth-order valence-corrected chi connectivity index (χ4v) is 3.03. The topological polar surface area (TPSA) is 47.3 Å². The zero-order valence-corrected chi connectivity index (χ0v) is 13.9. The van der Waals surface area contributed by atoms with Crippen LogP contribution in [0.15, 0.2) is 36.4 Å². The maximum Gasteiger partial charge on any atom is 0.257 e. The highest BCUT2D eigenvalue weighted by Gasteiger charge is 2.25. The Hall–Kier alpha value is -2.65. The molecule has 0 N–H and O–H groups in total. The number of piperazine rings is 1. The molecule has 0 radical (unpaired) electrons. The molecule has 0 unspecified atom stereocenters. The van der Waals surface area contributed by atoms with Gasteiger partial charge in [0.1, 0.15) is 17.7 Å². The molecule has 3 rings (SSSR count). The van der Waals surface area contributed by atoms with Gasteiger partial charge in [0, 0.05) is 31.2 Å². The predicted molar refractivity (Wildman–Crippen MR) is 90.6 cm³/mol. The number of rotatable bonds is 2. The van der Waals surface area contributed by atoms with Gasteiger partial charge in [0.15, 0.2) is 0 Å². The molecule has 1 amide bonds. The van der Waals surface area contributed by atoms with Crippen molar-refractivity contribution >= 4 is 23.2 Å². The molecule has 0 atom stereocenters. The first-order valence-electron chi connectivity index (χ1n) is 7.68. The van der Waals surface area contributed by atoms with Crippen LogP contribution < -0.4 is 4.90 Å². The number of amides is 1. The van der Waals surface area contributed by atoms with E-state index in [1.165, 1.54) is 30.3 Å². The highest BCUT2D eigenvalue weighted by molar-refractivity contribution is 6.31. The minimum absolute atomic E-state index is 0.0551. The second kappa shape index (κ2) is 7.08. The van der Waals surface area contributed by atoms with Gasteiger partial charge in [-0.2, -0.15) is 5.26 Å². The number of halogens is 3. The van der Waals surface area contributed by atoms with Crippen molar-refractivity contribution in [1.29, 1.82) is 5.26 Å². The van der Waals surface area contributed by atoms with Crippen LogP contribution in [0, 0.1) is 23.0 Å². The average Bonchev–Trinajstić information content (AvgIpc) is 2.63. The van der Waals surface area contributed by atoms with Crippen LogP contribution in [-0.2, 0) is 0 Å². The SMILES string of the molecule is N#Cc1cc(F)ccc1N1CCN(C(=O)c2cc(Cl)ccc2F)CC1. The lowest BCUT2D eigenvalue weighted by molar-refractivity contribution is 0.0742. The Bertz CT molecular complexity index is 858. The summed E-state index contributed by atoms with van der Waals surface area (Å²) < 4.78 is 27.1. The molecule has 1 saturated heterocycles. The normalized spacial score (nSPS) is 14.3. The molecule has 1 fully saturated rings. The molecule has 2 aromatic carbocycles. The Morgan fingerprint density at radius 3 is 2.48 bits per heavy atom. The van der Waals surface area contributed by atoms with Gasteiger partial charge in [-0.15, -0.1) is 0 Å². The van der Waals surface area contributed by atoms with Gasteiger partial charge in [-0.05, 0) is 36.4 Å². The summed E-state index contributed by atoms with van der Waals surface area (Å²) in [6.07, 6.45) is 0. The molecular formula is C18H14ClF2N3O. The van der Waals surface area contributed by atoms with Gasteiger partial charge >= 0.3 is 0 Å². The second-order valence-electron chi connectivity index (χ2n) is 5.68. The maximum absolute atomic E-state index is 13.9. The molecule has 0 aromatic heterocycles. The third-order valence-electron chi connectivity index (χ3n) is 4.15. The van der Waals surface area contributed by atoms with Crippen LogP contribution in [0.4, 0.5) is 14.5 Å². The zero-order chi connectivity index (χ0) is 18.0. The minimum atomic E-state index is -0.609. The number of carbonyl (C=O) groups is 1. The number of benzene rings is 2. The van der Waals surface area contributed by atoms with Gasteiger partial charge in [-0.25, -0.2) is 8.78 Å². The molecule has 128 valence electrons. The van der Waals surface area contributed by atoms with E-state index < -0.39 is 17.5 Å². The van der Waals surface area contributed by atoms with E-state index in [9.17, 15) is 13.6 Å². The zero-order valence-electron chi connectivity index (χ0n) is 13.2. The summed E-state index contributed by atoms with van der Waals surface area (Å²) in [6.45, 7) is 1.67. The van der Waals surface area contributed by atoms with E-state index in [2.05, 4.69) is 0 Å². The Morgan fingerprint density at radius 1 is 1.08 bits per heavy atom. The van der Waals surface area contributed by atoms with Crippen molar-refractivity contribution in [2.45, 2.75) is 0 Å². The first-order valence-corrected chi connectivity index (χ1v) is 8.06. The summed E-state index contributed by atoms with van der Waals surface area (Å²) in [7, 11) is 0. The van der Waals surface area contributed by atoms with Crippen molar-refractivity contribution in [2.75, 3.05) is 31.1 Å². The molecule has 0 aliphatic carbocycles. The van der Waals surface area contributed by atoms with E-state index in [0.717, 1.165) is 0 Å². The van der Waals surface area contributed by atoms with Crippen molar-refractivity contribution < 1.29 is 13.6 Å². The van der Waals surface area contributed by atoms with E-state index in [0.29, 0.717) is 36.9 Å². The number of nitrogens with zero attached hydrogens (tertiary/aromatic N) is 3. The van der Waals surface area contributed by atoms with Crippen LogP contribution >= 0.6 is 11.6 Å². The molecule has 1 aliphatic rings. The summed E-state index contributed by atoms with van der Waals surface area (Å²) in [5, 5.41) is 9.46. The lowest BCUT2D eigenvalue weighted by Gasteiger charge is -2.36. The number of anilines is 1. The Kier molecular flexibility index (Phi) is 4.86. The van der Waals surface area contributed by atoms with E-state index in [1.807, 2.05) is 11.0 Å². The maximum atomic E-state index is 13.9. The Balaban J connectivity index is 1.73. The third-order valence-corrected chi connectivity index (χ3v) is 4.38. The molecule has 25 heavy (non-hydrogen) atoms. The van der Waals surface area contributed by atoms with Crippen molar-refractivity contribution in [3.63, 3.8) is 0 Å². The van der Waals surface area contributed by atoms with Gasteiger partial charge in [0.25, 0.3) is 5.91 Å². The quantitative estimate of drug-likeness (QED) is 0.823. The van der Waals surface area contributed by atoms with Crippen LogP contribution in [0.3, 0.4) is 0 Å². The van der Waals surface area contributed by atoms with Crippen LogP contribution in [0.25, 0.3) is 0 Å². The third kappa shape index (κ3) is 3.57. The molecule has 1 aliphatic heterocycles. The number of hydrogen-bond donors (Lipinski definition) is 0. The van der Waals surface area contributed by atoms with Crippen molar-refractivity contribution in [1.82, 2.24) is 4.90 Å². The lowest BCUT2D eigenvalue weighted by atomic mass is 10.1. The highest BCUT2D eigenvalue weighted by atomic mass is 35.5. The van der Waals surface area contributed by atoms with Crippen LogP contribution in [0.2, 0.25) is 5.02 Å². The fourth-order valence-electron chi connectivity index (χ4n) is 2.86. The van der Waals surface area contributed by atoms with Crippen LogP contribution in [-0.4, -0.2) is 37.0 Å². The van der Waals surface area contributed by atoms with E-state index >= 15 is 0 Å². The summed E-state index contributed by atoms with van der Waals surface area (Å²) in [5.41, 5.74) is 0.825. The molecule has 1 heterocycles. The monoisotopic (exact) mass is 361 g/mol. The lowest BCUT2D eigenvalue weighted by Crippen LogP contribution is -2.49. The van der Waals surface area contributed by atoms with E-state index in [-0.39, 0.29) is 11.1 Å². The van der Waals surface area contributed by atoms with Crippen molar-refractivity contribution in [3.8, 4) is 6.07 Å². The molecule has 0 spiro atoms. The fraction of sp³-hybridized carbons (Fsp3) is 0.222. The summed E-state index contributed by atoms with van der Waals surface area (Å²) in [5.74, 6) is -1.49. The Labute approximate surface area is 148 Å². The molecule has 7 heteroatoms. The van der Waals surface area contributed by atoms with Crippen molar-refractivity contribution in [2.24, 2.45) is 0 Å². The number of nitriles is 1. The molecular weight excluding hydrogens is 348 g/mol. The summed E-state index contributed by atoms with van der Waals surface area (Å²) in [4.78, 5) is 15.9. The van der Waals surface area contributed by atoms with Gasteiger partial charge in [0.2, 0.25) is 0 Å². The number of carbonyl (C=O) groups excluding carboxylic acids is 1. The first kappa shape index (κ1) is 17.2. The smallest absolute Gasteiger partial charge is 0.257 e. The molecule has 0 bridgehead atoms. The molecule has 4 nitrogen and oxygen atoms in total. The van der Waals surface area contributed by atoms with Crippen LogP contribution in [0.5, 0.6) is 0 Å². The minimum Gasteiger partial charge on any atom is -0.367 e. The Morgan fingerprint density at radius 2 is 1.80 bits per heavy atom. The summed E-state index contributed by atoms with van der Waals surface area (Å²) in [6, 6.07) is 9.91. The average molecular weight is 362 g/mol. The molecule has 2 aromatic rings. The first-order chi connectivity index (χ1) is 12.0. The van der Waals surface area contributed by atoms with E-state index in [1.54, 1.807) is 11.0 Å². The number of hydrogen-bond acceptors (Lipinski definition) is 3. The van der Waals surface area contributed by atoms with Crippen LogP contribution in [0.1, 0.15) is 15.9 Å².